The molecule has 0 saturated carbocycles. The highest BCUT2D eigenvalue weighted by Gasteiger charge is 2.22. The van der Waals surface area contributed by atoms with Gasteiger partial charge in [0.1, 0.15) is 29.4 Å². The summed E-state index contributed by atoms with van der Waals surface area (Å²) in [7, 11) is 0. The number of hydrogen-bond acceptors (Lipinski definition) is 6. The summed E-state index contributed by atoms with van der Waals surface area (Å²) in [5.74, 6) is 2.90. The molecule has 0 radical (unpaired) electrons. The Labute approximate surface area is 140 Å². The minimum atomic E-state index is 0.834. The number of nitrogens with one attached hydrogen (secondary N) is 1. The molecule has 3 aromatic heterocycles. The molecular weight excluding hydrogens is 302 g/mol. The van der Waals surface area contributed by atoms with Crippen molar-refractivity contribution in [3.05, 3.63) is 35.7 Å². The Morgan fingerprint density at radius 3 is 2.38 bits per heavy atom. The molecule has 7 heteroatoms. The summed E-state index contributed by atoms with van der Waals surface area (Å²) in [6, 6.07) is 2.04. The minimum absolute atomic E-state index is 0.834. The second-order valence-electron chi connectivity index (χ2n) is 6.22. The third-order valence-corrected chi connectivity index (χ3v) is 4.69. The van der Waals surface area contributed by atoms with E-state index >= 15 is 0 Å². The molecule has 0 unspecified atom stereocenters. The van der Waals surface area contributed by atoms with Gasteiger partial charge in [-0.15, -0.1) is 0 Å². The smallest absolute Gasteiger partial charge is 0.142 e. The molecule has 1 saturated heterocycles. The van der Waals surface area contributed by atoms with E-state index in [-0.39, 0.29) is 0 Å². The van der Waals surface area contributed by atoms with Crippen molar-refractivity contribution in [2.45, 2.75) is 20.8 Å². The van der Waals surface area contributed by atoms with Crippen molar-refractivity contribution in [1.82, 2.24) is 24.9 Å². The van der Waals surface area contributed by atoms with Gasteiger partial charge in [0, 0.05) is 43.6 Å². The number of piperazine rings is 1. The first kappa shape index (κ1) is 14.9. The quantitative estimate of drug-likeness (QED) is 0.777. The molecule has 24 heavy (non-hydrogen) atoms. The predicted molar refractivity (Wildman–Crippen MR) is 94.6 cm³/mol. The highest BCUT2D eigenvalue weighted by molar-refractivity contribution is 5.87. The minimum Gasteiger partial charge on any atom is -0.353 e. The molecule has 1 aliphatic rings. The number of aryl methyl sites for hydroxylation is 2. The Balaban J connectivity index is 1.56. The van der Waals surface area contributed by atoms with Crippen LogP contribution in [0, 0.1) is 20.8 Å². The van der Waals surface area contributed by atoms with Crippen molar-refractivity contribution >= 4 is 22.7 Å². The van der Waals surface area contributed by atoms with Gasteiger partial charge in [0.2, 0.25) is 0 Å². The fourth-order valence-corrected chi connectivity index (χ4v) is 3.30. The molecule has 3 aromatic rings. The van der Waals surface area contributed by atoms with E-state index in [1.54, 1.807) is 6.33 Å². The molecule has 4 rings (SSSR count). The molecule has 1 N–H and O–H groups in total. The lowest BCUT2D eigenvalue weighted by Crippen LogP contribution is -2.47. The number of hydrogen-bond donors (Lipinski definition) is 1. The van der Waals surface area contributed by atoms with E-state index in [1.807, 2.05) is 26.1 Å². The normalized spacial score (nSPS) is 15.3. The maximum absolute atomic E-state index is 4.66. The van der Waals surface area contributed by atoms with Crippen LogP contribution in [0.25, 0.3) is 11.0 Å². The van der Waals surface area contributed by atoms with Gasteiger partial charge in [-0.25, -0.2) is 19.9 Å². The summed E-state index contributed by atoms with van der Waals surface area (Å²) in [6.45, 7) is 9.78. The maximum atomic E-state index is 4.66. The summed E-state index contributed by atoms with van der Waals surface area (Å²) in [5.41, 5.74) is 3.12. The third kappa shape index (κ3) is 2.46. The molecule has 0 atom stereocenters. The first-order valence-corrected chi connectivity index (χ1v) is 8.23. The zero-order valence-electron chi connectivity index (χ0n) is 14.2. The summed E-state index contributed by atoms with van der Waals surface area (Å²) in [4.78, 5) is 25.7. The highest BCUT2D eigenvalue weighted by atomic mass is 15.3. The van der Waals surface area contributed by atoms with Gasteiger partial charge in [-0.05, 0) is 26.8 Å². The lowest BCUT2D eigenvalue weighted by atomic mass is 10.2. The van der Waals surface area contributed by atoms with Gasteiger partial charge in [-0.3, -0.25) is 0 Å². The van der Waals surface area contributed by atoms with Crippen molar-refractivity contribution in [2.24, 2.45) is 0 Å². The van der Waals surface area contributed by atoms with Gasteiger partial charge in [0.15, 0.2) is 0 Å². The summed E-state index contributed by atoms with van der Waals surface area (Å²) in [5, 5.41) is 1.08. The number of aromatic nitrogens is 5. The van der Waals surface area contributed by atoms with Crippen molar-refractivity contribution in [3.8, 4) is 0 Å². The Kier molecular flexibility index (Phi) is 3.55. The van der Waals surface area contributed by atoms with Crippen molar-refractivity contribution in [2.75, 3.05) is 36.0 Å². The molecule has 1 aliphatic heterocycles. The molecule has 7 nitrogen and oxygen atoms in total. The number of nitrogens with zero attached hydrogens (tertiary/aromatic N) is 6. The number of rotatable bonds is 2. The Morgan fingerprint density at radius 1 is 0.917 bits per heavy atom. The van der Waals surface area contributed by atoms with Crippen LogP contribution in [0.2, 0.25) is 0 Å². The van der Waals surface area contributed by atoms with Crippen LogP contribution in [0.4, 0.5) is 11.6 Å². The average Bonchev–Trinajstić information content (AvgIpc) is 3.07. The summed E-state index contributed by atoms with van der Waals surface area (Å²) >= 11 is 0. The largest absolute Gasteiger partial charge is 0.353 e. The van der Waals surface area contributed by atoms with E-state index < -0.39 is 0 Å². The lowest BCUT2D eigenvalue weighted by Gasteiger charge is -2.37. The Morgan fingerprint density at radius 2 is 1.62 bits per heavy atom. The van der Waals surface area contributed by atoms with Gasteiger partial charge < -0.3 is 14.8 Å². The van der Waals surface area contributed by atoms with E-state index in [0.717, 1.165) is 60.4 Å². The monoisotopic (exact) mass is 323 g/mol. The van der Waals surface area contributed by atoms with Crippen molar-refractivity contribution < 1.29 is 0 Å². The number of aromatic amines is 1. The molecule has 1 fully saturated rings. The Bertz CT molecular complexity index is 878. The topological polar surface area (TPSA) is 73.8 Å². The van der Waals surface area contributed by atoms with E-state index in [4.69, 9.17) is 0 Å². The molecule has 0 aromatic carbocycles. The van der Waals surface area contributed by atoms with Crippen LogP contribution < -0.4 is 9.80 Å². The molecule has 0 spiro atoms. The zero-order chi connectivity index (χ0) is 16.7. The standard InChI is InChI=1S/C17H21N7/c1-11-12(2)21-13(3)22-16(11)23-6-8-24(9-7-23)17-14-4-5-18-15(14)19-10-20-17/h4-5,10H,6-9H2,1-3H3,(H,18,19,20). The molecule has 124 valence electrons. The van der Waals surface area contributed by atoms with E-state index in [0.29, 0.717) is 0 Å². The van der Waals surface area contributed by atoms with Crippen LogP contribution in [0.15, 0.2) is 18.6 Å². The first-order chi connectivity index (χ1) is 11.6. The van der Waals surface area contributed by atoms with Crippen LogP contribution in [-0.4, -0.2) is 51.1 Å². The van der Waals surface area contributed by atoms with E-state index in [2.05, 4.69) is 41.6 Å². The van der Waals surface area contributed by atoms with Crippen LogP contribution in [0.5, 0.6) is 0 Å². The second kappa shape index (κ2) is 5.74. The van der Waals surface area contributed by atoms with E-state index in [1.165, 1.54) is 5.56 Å². The fraction of sp³-hybridized carbons (Fsp3) is 0.412. The van der Waals surface area contributed by atoms with Gasteiger partial charge in [-0.1, -0.05) is 0 Å². The molecule has 0 aliphatic carbocycles. The zero-order valence-corrected chi connectivity index (χ0v) is 14.2. The van der Waals surface area contributed by atoms with Crippen molar-refractivity contribution in [3.63, 3.8) is 0 Å². The van der Waals surface area contributed by atoms with Gasteiger partial charge in [0.25, 0.3) is 0 Å². The van der Waals surface area contributed by atoms with Crippen LogP contribution in [-0.2, 0) is 0 Å². The first-order valence-electron chi connectivity index (χ1n) is 8.23. The number of fused-ring (bicyclic) bond motifs is 1. The maximum Gasteiger partial charge on any atom is 0.142 e. The summed E-state index contributed by atoms with van der Waals surface area (Å²) < 4.78 is 0. The van der Waals surface area contributed by atoms with Crippen LogP contribution >= 0.6 is 0 Å². The van der Waals surface area contributed by atoms with Crippen LogP contribution in [0.1, 0.15) is 17.1 Å². The fourth-order valence-electron chi connectivity index (χ4n) is 3.30. The second-order valence-corrected chi connectivity index (χ2v) is 6.22. The average molecular weight is 323 g/mol. The van der Waals surface area contributed by atoms with Gasteiger partial charge in [-0.2, -0.15) is 0 Å². The van der Waals surface area contributed by atoms with Gasteiger partial charge >= 0.3 is 0 Å². The van der Waals surface area contributed by atoms with Crippen molar-refractivity contribution in [1.29, 1.82) is 0 Å². The lowest BCUT2D eigenvalue weighted by molar-refractivity contribution is 0.639. The van der Waals surface area contributed by atoms with E-state index in [9.17, 15) is 0 Å². The molecule has 4 heterocycles. The SMILES string of the molecule is Cc1nc(C)c(C)c(N2CCN(c3ncnc4[nH]ccc34)CC2)n1. The van der Waals surface area contributed by atoms with Gasteiger partial charge in [0.05, 0.1) is 5.39 Å². The number of anilines is 2. The summed E-state index contributed by atoms with van der Waals surface area (Å²) in [6.07, 6.45) is 3.54. The highest BCUT2D eigenvalue weighted by Crippen LogP contribution is 2.25. The molecular formula is C17H21N7. The molecule has 0 amide bonds. The predicted octanol–water partition coefficient (Wildman–Crippen LogP) is 2.00. The third-order valence-electron chi connectivity index (χ3n) is 4.69. The Hall–Kier alpha value is -2.70. The number of H-pyrrole nitrogens is 1. The molecule has 0 bridgehead atoms. The van der Waals surface area contributed by atoms with Crippen LogP contribution in [0.3, 0.4) is 0 Å².